The summed E-state index contributed by atoms with van der Waals surface area (Å²) in [4.78, 5) is 4.37. The van der Waals surface area contributed by atoms with Gasteiger partial charge in [-0.2, -0.15) is 11.3 Å². The molecule has 3 N–H and O–H groups in total. The lowest BCUT2D eigenvalue weighted by Gasteiger charge is -2.15. The first-order valence-electron chi connectivity index (χ1n) is 5.30. The fraction of sp³-hybridized carbons (Fsp3) is 0.250. The molecule has 0 aromatic carbocycles. The molecule has 2 aromatic rings. The first-order valence-corrected chi connectivity index (χ1v) is 7.03. The SMILES string of the molecule is Cc1cscc1C(Cc1ccc(Br)cn1)NN. The molecule has 0 amide bonds. The second-order valence-corrected chi connectivity index (χ2v) is 5.56. The van der Waals surface area contributed by atoms with Crippen molar-refractivity contribution < 1.29 is 0 Å². The summed E-state index contributed by atoms with van der Waals surface area (Å²) in [5.74, 6) is 5.63. The van der Waals surface area contributed by atoms with E-state index in [1.807, 2.05) is 18.3 Å². The number of nitrogens with one attached hydrogen (secondary N) is 1. The van der Waals surface area contributed by atoms with Crippen LogP contribution in [0.2, 0.25) is 0 Å². The summed E-state index contributed by atoms with van der Waals surface area (Å²) < 4.78 is 0.991. The monoisotopic (exact) mass is 311 g/mol. The topological polar surface area (TPSA) is 50.9 Å². The zero-order valence-corrected chi connectivity index (χ0v) is 11.9. The maximum atomic E-state index is 5.63. The van der Waals surface area contributed by atoms with Gasteiger partial charge in [0.1, 0.15) is 0 Å². The minimum atomic E-state index is 0.120. The number of nitrogens with two attached hydrogens (primary N) is 1. The van der Waals surface area contributed by atoms with Gasteiger partial charge in [-0.05, 0) is 56.9 Å². The number of aryl methyl sites for hydroxylation is 1. The molecule has 2 heterocycles. The lowest BCUT2D eigenvalue weighted by molar-refractivity contribution is 0.545. The Morgan fingerprint density at radius 2 is 2.29 bits per heavy atom. The van der Waals surface area contributed by atoms with Gasteiger partial charge in [0.25, 0.3) is 0 Å². The lowest BCUT2D eigenvalue weighted by atomic mass is 10.0. The molecule has 1 atom stereocenters. The Bertz CT molecular complexity index is 481. The van der Waals surface area contributed by atoms with E-state index < -0.39 is 0 Å². The second kappa shape index (κ2) is 5.73. The van der Waals surface area contributed by atoms with Gasteiger partial charge in [0.15, 0.2) is 0 Å². The molecule has 0 bridgehead atoms. The summed E-state index contributed by atoms with van der Waals surface area (Å²) >= 11 is 5.08. The third-order valence-electron chi connectivity index (χ3n) is 2.67. The Hall–Kier alpha value is -0.750. The predicted octanol–water partition coefficient (Wildman–Crippen LogP) is 2.96. The molecule has 0 fully saturated rings. The second-order valence-electron chi connectivity index (χ2n) is 3.90. The maximum Gasteiger partial charge on any atom is 0.0526 e. The Balaban J connectivity index is 2.16. The van der Waals surface area contributed by atoms with E-state index in [-0.39, 0.29) is 6.04 Å². The number of halogens is 1. The average molecular weight is 312 g/mol. The zero-order valence-electron chi connectivity index (χ0n) is 9.48. The van der Waals surface area contributed by atoms with Crippen LogP contribution in [-0.4, -0.2) is 4.98 Å². The summed E-state index contributed by atoms with van der Waals surface area (Å²) in [7, 11) is 0. The Kier molecular flexibility index (Phi) is 4.28. The molecule has 17 heavy (non-hydrogen) atoms. The molecule has 90 valence electrons. The first-order chi connectivity index (χ1) is 8.20. The van der Waals surface area contributed by atoms with Gasteiger partial charge in [-0.3, -0.25) is 16.3 Å². The quantitative estimate of drug-likeness (QED) is 0.674. The molecular formula is C12H14BrN3S. The van der Waals surface area contributed by atoms with Crippen molar-refractivity contribution in [1.82, 2.24) is 10.4 Å². The molecule has 0 saturated carbocycles. The van der Waals surface area contributed by atoms with Gasteiger partial charge in [0.2, 0.25) is 0 Å². The molecule has 0 radical (unpaired) electrons. The fourth-order valence-electron chi connectivity index (χ4n) is 1.72. The van der Waals surface area contributed by atoms with Gasteiger partial charge in [0, 0.05) is 22.8 Å². The van der Waals surface area contributed by atoms with E-state index in [1.54, 1.807) is 11.3 Å². The normalized spacial score (nSPS) is 12.6. The molecule has 1 unspecified atom stereocenters. The van der Waals surface area contributed by atoms with E-state index in [4.69, 9.17) is 5.84 Å². The number of rotatable bonds is 4. The number of thiophene rings is 1. The number of nitrogens with zero attached hydrogens (tertiary/aromatic N) is 1. The summed E-state index contributed by atoms with van der Waals surface area (Å²) in [6.45, 7) is 2.10. The molecule has 3 nitrogen and oxygen atoms in total. The Morgan fingerprint density at radius 3 is 2.82 bits per heavy atom. The predicted molar refractivity (Wildman–Crippen MR) is 74.8 cm³/mol. The Morgan fingerprint density at radius 1 is 1.47 bits per heavy atom. The highest BCUT2D eigenvalue weighted by Gasteiger charge is 2.14. The molecule has 5 heteroatoms. The van der Waals surface area contributed by atoms with Crippen LogP contribution in [0.15, 0.2) is 33.6 Å². The van der Waals surface area contributed by atoms with Crippen LogP contribution in [0.1, 0.15) is 22.9 Å². The van der Waals surface area contributed by atoms with Crippen molar-refractivity contribution in [3.63, 3.8) is 0 Å². The molecular weight excluding hydrogens is 298 g/mol. The number of hydrazine groups is 1. The third kappa shape index (κ3) is 3.13. The summed E-state index contributed by atoms with van der Waals surface area (Å²) in [5, 5.41) is 4.27. The van der Waals surface area contributed by atoms with E-state index in [0.29, 0.717) is 0 Å². The van der Waals surface area contributed by atoms with Crippen molar-refractivity contribution in [2.45, 2.75) is 19.4 Å². The average Bonchev–Trinajstić information content (AvgIpc) is 2.75. The van der Waals surface area contributed by atoms with Gasteiger partial charge >= 0.3 is 0 Å². The summed E-state index contributed by atoms with van der Waals surface area (Å²) in [6, 6.07) is 4.13. The fourth-order valence-corrected chi connectivity index (χ4v) is 2.86. The Labute approximate surface area is 113 Å². The van der Waals surface area contributed by atoms with Gasteiger partial charge in [-0.15, -0.1) is 0 Å². The van der Waals surface area contributed by atoms with Gasteiger partial charge < -0.3 is 0 Å². The highest BCUT2D eigenvalue weighted by molar-refractivity contribution is 9.10. The van der Waals surface area contributed by atoms with Gasteiger partial charge in [0.05, 0.1) is 6.04 Å². The number of pyridine rings is 1. The highest BCUT2D eigenvalue weighted by atomic mass is 79.9. The van der Waals surface area contributed by atoms with Crippen molar-refractivity contribution in [3.8, 4) is 0 Å². The van der Waals surface area contributed by atoms with E-state index >= 15 is 0 Å². The molecule has 2 aromatic heterocycles. The molecule has 0 saturated heterocycles. The van der Waals surface area contributed by atoms with E-state index in [0.717, 1.165) is 16.6 Å². The van der Waals surface area contributed by atoms with E-state index in [9.17, 15) is 0 Å². The van der Waals surface area contributed by atoms with Crippen LogP contribution in [0, 0.1) is 6.92 Å². The van der Waals surface area contributed by atoms with Crippen molar-refractivity contribution in [2.75, 3.05) is 0 Å². The van der Waals surface area contributed by atoms with Crippen LogP contribution in [-0.2, 0) is 6.42 Å². The smallest absolute Gasteiger partial charge is 0.0526 e. The maximum absolute atomic E-state index is 5.63. The van der Waals surface area contributed by atoms with Gasteiger partial charge in [-0.25, -0.2) is 0 Å². The van der Waals surface area contributed by atoms with Crippen LogP contribution < -0.4 is 11.3 Å². The van der Waals surface area contributed by atoms with Crippen LogP contribution in [0.5, 0.6) is 0 Å². The third-order valence-corrected chi connectivity index (χ3v) is 4.02. The molecule has 0 spiro atoms. The molecule has 2 rings (SSSR count). The van der Waals surface area contributed by atoms with Crippen molar-refractivity contribution in [2.24, 2.45) is 5.84 Å². The van der Waals surface area contributed by atoms with Crippen LogP contribution in [0.4, 0.5) is 0 Å². The van der Waals surface area contributed by atoms with Gasteiger partial charge in [-0.1, -0.05) is 0 Å². The molecule has 0 aliphatic rings. The molecule has 0 aliphatic carbocycles. The highest BCUT2D eigenvalue weighted by Crippen LogP contribution is 2.24. The van der Waals surface area contributed by atoms with Crippen LogP contribution in [0.3, 0.4) is 0 Å². The van der Waals surface area contributed by atoms with Crippen molar-refractivity contribution in [3.05, 3.63) is 50.4 Å². The largest absolute Gasteiger partial charge is 0.271 e. The molecule has 0 aliphatic heterocycles. The standard InChI is InChI=1S/C12H14BrN3S/c1-8-6-17-7-11(8)12(16-14)4-10-3-2-9(13)5-15-10/h2-3,5-7,12,16H,4,14H2,1H3. The minimum absolute atomic E-state index is 0.120. The first kappa shape index (κ1) is 12.7. The summed E-state index contributed by atoms with van der Waals surface area (Å²) in [5.41, 5.74) is 6.42. The minimum Gasteiger partial charge on any atom is -0.271 e. The van der Waals surface area contributed by atoms with Crippen molar-refractivity contribution >= 4 is 27.3 Å². The number of aromatic nitrogens is 1. The van der Waals surface area contributed by atoms with Crippen LogP contribution in [0.25, 0.3) is 0 Å². The van der Waals surface area contributed by atoms with Crippen LogP contribution >= 0.6 is 27.3 Å². The number of hydrogen-bond donors (Lipinski definition) is 2. The van der Waals surface area contributed by atoms with Crippen molar-refractivity contribution in [1.29, 1.82) is 0 Å². The number of hydrogen-bond acceptors (Lipinski definition) is 4. The van der Waals surface area contributed by atoms with E-state index in [2.05, 4.69) is 44.0 Å². The zero-order chi connectivity index (χ0) is 12.3. The lowest BCUT2D eigenvalue weighted by Crippen LogP contribution is -2.29. The summed E-state index contributed by atoms with van der Waals surface area (Å²) in [6.07, 6.45) is 2.60. The van der Waals surface area contributed by atoms with E-state index in [1.165, 1.54) is 11.1 Å².